The Kier molecular flexibility index (Phi) is 5.88. The van der Waals surface area contributed by atoms with Crippen LogP contribution in [-0.4, -0.2) is 65.6 Å². The van der Waals surface area contributed by atoms with Gasteiger partial charge in [0, 0.05) is 32.0 Å². The minimum atomic E-state index is -3.46. The lowest BCUT2D eigenvalue weighted by atomic mass is 9.85. The van der Waals surface area contributed by atoms with E-state index in [-0.39, 0.29) is 24.9 Å². The van der Waals surface area contributed by atoms with E-state index in [1.807, 2.05) is 0 Å². The summed E-state index contributed by atoms with van der Waals surface area (Å²) in [6.45, 7) is 0.808. The molecule has 1 aromatic carbocycles. The van der Waals surface area contributed by atoms with Crippen molar-refractivity contribution in [3.05, 3.63) is 47.4 Å². The van der Waals surface area contributed by atoms with Crippen LogP contribution in [0, 0.1) is 5.82 Å². The first-order valence-corrected chi connectivity index (χ1v) is 12.0. The van der Waals surface area contributed by atoms with Gasteiger partial charge in [0.1, 0.15) is 5.82 Å². The number of hydrogen-bond acceptors (Lipinski definition) is 6. The Morgan fingerprint density at radius 1 is 1.30 bits per heavy atom. The van der Waals surface area contributed by atoms with E-state index < -0.39 is 15.8 Å². The van der Waals surface area contributed by atoms with E-state index in [2.05, 4.69) is 10.1 Å². The maximum absolute atomic E-state index is 13.8. The number of amides is 1. The van der Waals surface area contributed by atoms with Gasteiger partial charge in [0.2, 0.25) is 21.8 Å². The first-order valence-electron chi connectivity index (χ1n) is 10.1. The number of likely N-dealkylation sites (tertiary alicyclic amines) is 1. The van der Waals surface area contributed by atoms with Crippen molar-refractivity contribution in [2.75, 3.05) is 25.9 Å². The molecule has 10 heteroatoms. The van der Waals surface area contributed by atoms with Crippen molar-refractivity contribution in [1.29, 1.82) is 0 Å². The summed E-state index contributed by atoms with van der Waals surface area (Å²) in [6, 6.07) is 5.86. The van der Waals surface area contributed by atoms with Crippen LogP contribution in [0.15, 0.2) is 28.8 Å². The van der Waals surface area contributed by atoms with Crippen LogP contribution >= 0.6 is 0 Å². The standard InChI is InChI=1S/C20H25FN4O4S/c1-30(27,28)25(10-9-18-22-20(29-23-18)14-6-4-7-14)16-12-24(13-16)19(26)11-15-5-2-3-8-17(15)21/h2-3,5,8,14,16H,4,6-7,9-13H2,1H3. The molecule has 162 valence electrons. The third kappa shape index (κ3) is 4.54. The molecule has 1 aromatic heterocycles. The number of carbonyl (C=O) groups is 1. The molecule has 1 saturated carbocycles. The fourth-order valence-corrected chi connectivity index (χ4v) is 4.87. The van der Waals surface area contributed by atoms with Crippen molar-refractivity contribution in [2.45, 2.75) is 44.1 Å². The molecule has 2 aliphatic rings. The van der Waals surface area contributed by atoms with Crippen molar-refractivity contribution < 1.29 is 22.1 Å². The summed E-state index contributed by atoms with van der Waals surface area (Å²) in [4.78, 5) is 18.3. The number of carbonyl (C=O) groups excluding carboxylic acids is 1. The summed E-state index contributed by atoms with van der Waals surface area (Å²) >= 11 is 0. The van der Waals surface area contributed by atoms with Crippen LogP contribution in [0.5, 0.6) is 0 Å². The smallest absolute Gasteiger partial charge is 0.229 e. The van der Waals surface area contributed by atoms with E-state index >= 15 is 0 Å². The van der Waals surface area contributed by atoms with E-state index in [9.17, 15) is 17.6 Å². The van der Waals surface area contributed by atoms with Gasteiger partial charge < -0.3 is 9.42 Å². The van der Waals surface area contributed by atoms with E-state index in [1.54, 1.807) is 23.1 Å². The Morgan fingerprint density at radius 3 is 2.67 bits per heavy atom. The summed E-state index contributed by atoms with van der Waals surface area (Å²) < 4.78 is 45.0. The zero-order chi connectivity index (χ0) is 21.3. The maximum atomic E-state index is 13.8. The molecule has 2 heterocycles. The van der Waals surface area contributed by atoms with E-state index in [0.29, 0.717) is 42.7 Å². The van der Waals surface area contributed by atoms with Gasteiger partial charge in [-0.05, 0) is 24.5 Å². The third-order valence-corrected chi connectivity index (χ3v) is 7.17. The highest BCUT2D eigenvalue weighted by molar-refractivity contribution is 7.88. The summed E-state index contributed by atoms with van der Waals surface area (Å²) in [6.07, 6.45) is 4.74. The lowest BCUT2D eigenvalue weighted by molar-refractivity contribution is -0.136. The Labute approximate surface area is 175 Å². The number of rotatable bonds is 8. The summed E-state index contributed by atoms with van der Waals surface area (Å²) in [5.41, 5.74) is 0.338. The topological polar surface area (TPSA) is 96.6 Å². The number of aromatic nitrogens is 2. The van der Waals surface area contributed by atoms with Crippen molar-refractivity contribution in [3.63, 3.8) is 0 Å². The van der Waals surface area contributed by atoms with Crippen molar-refractivity contribution >= 4 is 15.9 Å². The number of hydrogen-bond donors (Lipinski definition) is 0. The minimum absolute atomic E-state index is 0.0366. The Morgan fingerprint density at radius 2 is 2.03 bits per heavy atom. The van der Waals surface area contributed by atoms with Crippen LogP contribution in [0.1, 0.15) is 42.5 Å². The average molecular weight is 437 g/mol. The minimum Gasteiger partial charge on any atom is -0.339 e. The molecule has 8 nitrogen and oxygen atoms in total. The molecule has 1 saturated heterocycles. The quantitative estimate of drug-likeness (QED) is 0.625. The van der Waals surface area contributed by atoms with Gasteiger partial charge in [0.15, 0.2) is 5.82 Å². The monoisotopic (exact) mass is 436 g/mol. The van der Waals surface area contributed by atoms with Crippen molar-refractivity contribution in [2.24, 2.45) is 0 Å². The molecule has 4 rings (SSSR count). The lowest BCUT2D eigenvalue weighted by Crippen LogP contribution is -2.62. The molecule has 0 N–H and O–H groups in total. The highest BCUT2D eigenvalue weighted by atomic mass is 32.2. The van der Waals surface area contributed by atoms with Crippen molar-refractivity contribution in [3.8, 4) is 0 Å². The molecule has 2 fully saturated rings. The molecule has 1 aliphatic heterocycles. The normalized spacial score (nSPS) is 17.8. The van der Waals surface area contributed by atoms with Crippen LogP contribution in [-0.2, 0) is 27.7 Å². The van der Waals surface area contributed by atoms with Crippen molar-refractivity contribution in [1.82, 2.24) is 19.3 Å². The fourth-order valence-electron chi connectivity index (χ4n) is 3.78. The number of benzene rings is 1. The van der Waals surface area contributed by atoms with Gasteiger partial charge in [-0.3, -0.25) is 4.79 Å². The van der Waals surface area contributed by atoms with Crippen LogP contribution in [0.4, 0.5) is 4.39 Å². The predicted octanol–water partition coefficient (Wildman–Crippen LogP) is 1.73. The van der Waals surface area contributed by atoms with Gasteiger partial charge in [-0.2, -0.15) is 9.29 Å². The maximum Gasteiger partial charge on any atom is 0.229 e. The second kappa shape index (κ2) is 8.43. The van der Waals surface area contributed by atoms with Gasteiger partial charge in [-0.1, -0.05) is 29.8 Å². The van der Waals surface area contributed by atoms with Crippen LogP contribution in [0.3, 0.4) is 0 Å². The summed E-state index contributed by atoms with van der Waals surface area (Å²) in [5, 5.41) is 3.97. The highest BCUT2D eigenvalue weighted by Crippen LogP contribution is 2.35. The largest absolute Gasteiger partial charge is 0.339 e. The molecule has 0 radical (unpaired) electrons. The fraction of sp³-hybridized carbons (Fsp3) is 0.550. The van der Waals surface area contributed by atoms with E-state index in [1.165, 1.54) is 10.4 Å². The summed E-state index contributed by atoms with van der Waals surface area (Å²) in [5.74, 6) is 0.834. The zero-order valence-corrected chi connectivity index (χ0v) is 17.6. The highest BCUT2D eigenvalue weighted by Gasteiger charge is 2.38. The second-order valence-corrected chi connectivity index (χ2v) is 9.96. The predicted molar refractivity (Wildman–Crippen MR) is 107 cm³/mol. The van der Waals surface area contributed by atoms with Gasteiger partial charge in [-0.25, -0.2) is 12.8 Å². The van der Waals surface area contributed by atoms with Crippen LogP contribution < -0.4 is 0 Å². The molecular formula is C20H25FN4O4S. The van der Waals surface area contributed by atoms with Crippen LogP contribution in [0.25, 0.3) is 0 Å². The van der Waals surface area contributed by atoms with Gasteiger partial charge in [0.25, 0.3) is 0 Å². The first kappa shape index (κ1) is 20.9. The molecular weight excluding hydrogens is 411 g/mol. The number of sulfonamides is 1. The first-order chi connectivity index (χ1) is 14.3. The molecule has 30 heavy (non-hydrogen) atoms. The molecule has 0 spiro atoms. The molecule has 1 amide bonds. The average Bonchev–Trinajstić information content (AvgIpc) is 3.04. The molecule has 2 aromatic rings. The molecule has 1 aliphatic carbocycles. The van der Waals surface area contributed by atoms with Gasteiger partial charge in [0.05, 0.1) is 18.7 Å². The Bertz CT molecular complexity index is 1020. The van der Waals surface area contributed by atoms with Gasteiger partial charge >= 0.3 is 0 Å². The molecule has 0 unspecified atom stereocenters. The summed E-state index contributed by atoms with van der Waals surface area (Å²) in [7, 11) is -3.46. The van der Waals surface area contributed by atoms with Gasteiger partial charge in [-0.15, -0.1) is 0 Å². The lowest BCUT2D eigenvalue weighted by Gasteiger charge is -2.44. The Hall–Kier alpha value is -2.33. The third-order valence-electron chi connectivity index (χ3n) is 5.84. The van der Waals surface area contributed by atoms with E-state index in [0.717, 1.165) is 25.5 Å². The zero-order valence-electron chi connectivity index (χ0n) is 16.8. The second-order valence-electron chi connectivity index (χ2n) is 8.02. The molecule has 0 bridgehead atoms. The molecule has 0 atom stereocenters. The Balaban J connectivity index is 1.32. The number of halogens is 1. The number of nitrogens with zero attached hydrogens (tertiary/aromatic N) is 4. The van der Waals surface area contributed by atoms with Crippen LogP contribution in [0.2, 0.25) is 0 Å². The van der Waals surface area contributed by atoms with E-state index in [4.69, 9.17) is 4.52 Å². The SMILES string of the molecule is CS(=O)(=O)N(CCc1noc(C2CCC2)n1)C1CN(C(=O)Cc2ccccc2F)C1.